The molecule has 0 aliphatic heterocycles. The Morgan fingerprint density at radius 3 is 2.25 bits per heavy atom. The molecule has 0 unspecified atom stereocenters. The molecule has 0 atom stereocenters. The van der Waals surface area contributed by atoms with Gasteiger partial charge >= 0.3 is 0 Å². The normalized spacial score (nSPS) is 11.8. The van der Waals surface area contributed by atoms with Crippen LogP contribution < -0.4 is 5.73 Å². The van der Waals surface area contributed by atoms with Crippen molar-refractivity contribution in [2.75, 3.05) is 20.8 Å². The SMILES string of the molecule is COC(CN=C(N)c1ccc(-c2ccc(C(C)C)cc2)o1)OC.Cl. The third-order valence-electron chi connectivity index (χ3n) is 3.66. The molecule has 1 heterocycles. The Morgan fingerprint density at radius 1 is 1.08 bits per heavy atom. The van der Waals surface area contributed by atoms with Gasteiger partial charge < -0.3 is 19.6 Å². The van der Waals surface area contributed by atoms with Gasteiger partial charge in [-0.15, -0.1) is 12.4 Å². The second kappa shape index (κ2) is 9.47. The summed E-state index contributed by atoms with van der Waals surface area (Å²) in [7, 11) is 3.12. The minimum Gasteiger partial charge on any atom is -0.453 e. The number of halogens is 1. The summed E-state index contributed by atoms with van der Waals surface area (Å²) in [6.45, 7) is 4.66. The van der Waals surface area contributed by atoms with E-state index in [1.807, 2.05) is 12.1 Å². The number of nitrogens with zero attached hydrogens (tertiary/aromatic N) is 1. The molecule has 6 heteroatoms. The lowest BCUT2D eigenvalue weighted by Gasteiger charge is -2.10. The van der Waals surface area contributed by atoms with E-state index in [2.05, 4.69) is 43.1 Å². The molecule has 1 aromatic heterocycles. The van der Waals surface area contributed by atoms with E-state index in [0.29, 0.717) is 24.1 Å². The Morgan fingerprint density at radius 2 is 1.71 bits per heavy atom. The van der Waals surface area contributed by atoms with Crippen LogP contribution in [0.15, 0.2) is 45.8 Å². The Hall–Kier alpha value is -1.82. The first-order valence-electron chi connectivity index (χ1n) is 7.61. The molecule has 0 saturated carbocycles. The number of amidine groups is 1. The lowest BCUT2D eigenvalue weighted by atomic mass is 10.0. The quantitative estimate of drug-likeness (QED) is 0.467. The molecule has 0 bridgehead atoms. The van der Waals surface area contributed by atoms with E-state index in [4.69, 9.17) is 19.6 Å². The lowest BCUT2D eigenvalue weighted by molar-refractivity contribution is -0.0936. The molecule has 0 radical (unpaired) electrons. The van der Waals surface area contributed by atoms with Gasteiger partial charge in [0.1, 0.15) is 5.76 Å². The molecule has 5 nitrogen and oxygen atoms in total. The minimum atomic E-state index is -0.411. The fourth-order valence-electron chi connectivity index (χ4n) is 2.16. The molecule has 0 saturated heterocycles. The van der Waals surface area contributed by atoms with Gasteiger partial charge in [-0.05, 0) is 23.6 Å². The number of benzene rings is 1. The summed E-state index contributed by atoms with van der Waals surface area (Å²) in [5.41, 5.74) is 8.27. The fraction of sp³-hybridized carbons (Fsp3) is 0.389. The summed E-state index contributed by atoms with van der Waals surface area (Å²) >= 11 is 0. The summed E-state index contributed by atoms with van der Waals surface area (Å²) in [4.78, 5) is 4.23. The van der Waals surface area contributed by atoms with Crippen LogP contribution in [0.4, 0.5) is 0 Å². The third-order valence-corrected chi connectivity index (χ3v) is 3.66. The molecular formula is C18H25ClN2O3. The number of aliphatic imine (C=N–C) groups is 1. The second-order valence-electron chi connectivity index (χ2n) is 5.57. The largest absolute Gasteiger partial charge is 0.453 e. The van der Waals surface area contributed by atoms with Crippen molar-refractivity contribution in [3.05, 3.63) is 47.7 Å². The lowest BCUT2D eigenvalue weighted by Crippen LogP contribution is -2.20. The zero-order valence-electron chi connectivity index (χ0n) is 14.5. The molecule has 0 fully saturated rings. The van der Waals surface area contributed by atoms with E-state index in [1.165, 1.54) is 5.56 Å². The molecule has 0 aliphatic carbocycles. The smallest absolute Gasteiger partial charge is 0.176 e. The van der Waals surface area contributed by atoms with Crippen LogP contribution in [0.1, 0.15) is 31.1 Å². The minimum absolute atomic E-state index is 0. The highest BCUT2D eigenvalue weighted by atomic mass is 35.5. The van der Waals surface area contributed by atoms with Crippen molar-refractivity contribution in [2.24, 2.45) is 10.7 Å². The Bertz CT molecular complexity index is 647. The molecule has 0 aliphatic rings. The van der Waals surface area contributed by atoms with Crippen LogP contribution in [0.3, 0.4) is 0 Å². The van der Waals surface area contributed by atoms with Crippen molar-refractivity contribution in [1.82, 2.24) is 0 Å². The molecule has 24 heavy (non-hydrogen) atoms. The van der Waals surface area contributed by atoms with Crippen molar-refractivity contribution in [1.29, 1.82) is 0 Å². The average molecular weight is 353 g/mol. The Labute approximate surface area is 149 Å². The van der Waals surface area contributed by atoms with Gasteiger partial charge in [-0.25, -0.2) is 0 Å². The van der Waals surface area contributed by atoms with Gasteiger partial charge in [0.05, 0.1) is 6.54 Å². The van der Waals surface area contributed by atoms with E-state index < -0.39 is 6.29 Å². The first kappa shape index (κ1) is 20.2. The van der Waals surface area contributed by atoms with E-state index >= 15 is 0 Å². The molecular weight excluding hydrogens is 328 g/mol. The predicted octanol–water partition coefficient (Wildman–Crippen LogP) is 3.82. The van der Waals surface area contributed by atoms with Gasteiger partial charge in [0, 0.05) is 19.8 Å². The van der Waals surface area contributed by atoms with Gasteiger partial charge in [0.15, 0.2) is 17.9 Å². The highest BCUT2D eigenvalue weighted by molar-refractivity contribution is 5.95. The standard InChI is InChI=1S/C18H24N2O3.ClH/c1-12(2)13-5-7-14(8-6-13)15-9-10-16(23-15)18(19)20-11-17(21-3)22-4;/h5-10,12,17H,11H2,1-4H3,(H2,19,20);1H. The van der Waals surface area contributed by atoms with Crippen LogP contribution >= 0.6 is 12.4 Å². The predicted molar refractivity (Wildman–Crippen MR) is 98.9 cm³/mol. The topological polar surface area (TPSA) is 70.0 Å². The van der Waals surface area contributed by atoms with Crippen LogP contribution in [-0.2, 0) is 9.47 Å². The van der Waals surface area contributed by atoms with Gasteiger partial charge in [0.25, 0.3) is 0 Å². The molecule has 132 valence electrons. The highest BCUT2D eigenvalue weighted by Gasteiger charge is 2.10. The first-order valence-corrected chi connectivity index (χ1v) is 7.61. The zero-order chi connectivity index (χ0) is 16.8. The Balaban J connectivity index is 0.00000288. The maximum Gasteiger partial charge on any atom is 0.176 e. The van der Waals surface area contributed by atoms with Crippen LogP contribution in [0.2, 0.25) is 0 Å². The molecule has 2 N–H and O–H groups in total. The molecule has 1 aromatic carbocycles. The number of furan rings is 1. The number of nitrogens with two attached hydrogens (primary N) is 1. The van der Waals surface area contributed by atoms with Crippen LogP contribution in [0.5, 0.6) is 0 Å². The highest BCUT2D eigenvalue weighted by Crippen LogP contribution is 2.24. The van der Waals surface area contributed by atoms with Gasteiger partial charge in [-0.1, -0.05) is 38.1 Å². The van der Waals surface area contributed by atoms with E-state index in [0.717, 1.165) is 11.3 Å². The summed E-state index contributed by atoms with van der Waals surface area (Å²) in [5.74, 6) is 2.14. The summed E-state index contributed by atoms with van der Waals surface area (Å²) in [6, 6.07) is 12.0. The number of rotatable bonds is 7. The van der Waals surface area contributed by atoms with E-state index in [1.54, 1.807) is 14.2 Å². The number of methoxy groups -OCH3 is 2. The van der Waals surface area contributed by atoms with Gasteiger partial charge in [-0.3, -0.25) is 4.99 Å². The fourth-order valence-corrected chi connectivity index (χ4v) is 2.16. The number of hydrogen-bond donors (Lipinski definition) is 1. The maximum atomic E-state index is 5.95. The molecule has 2 rings (SSSR count). The van der Waals surface area contributed by atoms with E-state index in [9.17, 15) is 0 Å². The van der Waals surface area contributed by atoms with Crippen molar-refractivity contribution < 1.29 is 13.9 Å². The third kappa shape index (κ3) is 5.09. The number of ether oxygens (including phenoxy) is 2. The average Bonchev–Trinajstić information content (AvgIpc) is 3.05. The summed E-state index contributed by atoms with van der Waals surface area (Å²) in [5, 5.41) is 0. The second-order valence-corrected chi connectivity index (χ2v) is 5.57. The molecule has 0 spiro atoms. The van der Waals surface area contributed by atoms with Gasteiger partial charge in [-0.2, -0.15) is 0 Å². The van der Waals surface area contributed by atoms with Crippen molar-refractivity contribution in [3.8, 4) is 11.3 Å². The monoisotopic (exact) mass is 352 g/mol. The van der Waals surface area contributed by atoms with Crippen molar-refractivity contribution in [2.45, 2.75) is 26.1 Å². The number of hydrogen-bond acceptors (Lipinski definition) is 4. The maximum absolute atomic E-state index is 5.95. The van der Waals surface area contributed by atoms with Crippen LogP contribution in [0.25, 0.3) is 11.3 Å². The van der Waals surface area contributed by atoms with Crippen LogP contribution in [-0.4, -0.2) is 32.9 Å². The Kier molecular flexibility index (Phi) is 7.98. The molecule has 0 amide bonds. The van der Waals surface area contributed by atoms with E-state index in [-0.39, 0.29) is 12.4 Å². The van der Waals surface area contributed by atoms with Crippen molar-refractivity contribution in [3.63, 3.8) is 0 Å². The van der Waals surface area contributed by atoms with Crippen LogP contribution in [0, 0.1) is 0 Å². The zero-order valence-corrected chi connectivity index (χ0v) is 15.3. The molecule has 2 aromatic rings. The summed E-state index contributed by atoms with van der Waals surface area (Å²) < 4.78 is 15.9. The summed E-state index contributed by atoms with van der Waals surface area (Å²) in [6.07, 6.45) is -0.411. The van der Waals surface area contributed by atoms with Gasteiger partial charge in [0.2, 0.25) is 0 Å². The first-order chi connectivity index (χ1) is 11.0. The van der Waals surface area contributed by atoms with Crippen molar-refractivity contribution >= 4 is 18.2 Å².